The Kier molecular flexibility index (Phi) is 5.75. The van der Waals surface area contributed by atoms with E-state index in [0.717, 1.165) is 35.9 Å². The second kappa shape index (κ2) is 8.20. The van der Waals surface area contributed by atoms with Crippen molar-refractivity contribution in [3.63, 3.8) is 0 Å². The van der Waals surface area contributed by atoms with Crippen molar-refractivity contribution >= 4 is 34.9 Å². The first kappa shape index (κ1) is 17.5. The first-order valence-electron chi connectivity index (χ1n) is 8.31. The number of carbonyl (C=O) groups is 2. The van der Waals surface area contributed by atoms with Gasteiger partial charge in [0.1, 0.15) is 11.4 Å². The summed E-state index contributed by atoms with van der Waals surface area (Å²) in [4.78, 5) is 30.1. The SMILES string of the molecule is CCOC(=O)COc1cccc(/C=C2\N=C3SCCCCN3C2=O)c1. The highest BCUT2D eigenvalue weighted by Crippen LogP contribution is 2.27. The van der Waals surface area contributed by atoms with E-state index in [1.165, 1.54) is 0 Å². The van der Waals surface area contributed by atoms with Gasteiger partial charge in [-0.25, -0.2) is 9.79 Å². The van der Waals surface area contributed by atoms with Crippen LogP contribution in [-0.4, -0.2) is 47.5 Å². The van der Waals surface area contributed by atoms with Gasteiger partial charge in [-0.05, 0) is 43.5 Å². The van der Waals surface area contributed by atoms with E-state index < -0.39 is 5.97 Å². The van der Waals surface area contributed by atoms with Crippen LogP contribution in [-0.2, 0) is 14.3 Å². The van der Waals surface area contributed by atoms with Crippen molar-refractivity contribution in [2.45, 2.75) is 19.8 Å². The van der Waals surface area contributed by atoms with Crippen LogP contribution in [0, 0.1) is 0 Å². The number of nitrogens with zero attached hydrogens (tertiary/aromatic N) is 2. The van der Waals surface area contributed by atoms with Crippen LogP contribution in [0.25, 0.3) is 6.08 Å². The lowest BCUT2D eigenvalue weighted by atomic mass is 10.2. The van der Waals surface area contributed by atoms with Crippen LogP contribution >= 0.6 is 11.8 Å². The Morgan fingerprint density at radius 3 is 3.12 bits per heavy atom. The first-order chi connectivity index (χ1) is 12.2. The zero-order valence-electron chi connectivity index (χ0n) is 14.1. The summed E-state index contributed by atoms with van der Waals surface area (Å²) >= 11 is 1.63. The number of fused-ring (bicyclic) bond motifs is 1. The number of esters is 1. The molecule has 132 valence electrons. The van der Waals surface area contributed by atoms with Crippen LogP contribution in [0.5, 0.6) is 5.75 Å². The molecule has 0 radical (unpaired) electrons. The summed E-state index contributed by atoms with van der Waals surface area (Å²) in [5.74, 6) is 1.08. The summed E-state index contributed by atoms with van der Waals surface area (Å²) in [6, 6.07) is 7.21. The summed E-state index contributed by atoms with van der Waals surface area (Å²) in [6.45, 7) is 2.66. The van der Waals surface area contributed by atoms with Gasteiger partial charge >= 0.3 is 5.97 Å². The summed E-state index contributed by atoms with van der Waals surface area (Å²) < 4.78 is 10.3. The van der Waals surface area contributed by atoms with Gasteiger partial charge in [0.2, 0.25) is 0 Å². The second-order valence-electron chi connectivity index (χ2n) is 5.60. The molecule has 0 bridgehead atoms. The maximum Gasteiger partial charge on any atom is 0.344 e. The largest absolute Gasteiger partial charge is 0.482 e. The Balaban J connectivity index is 1.72. The zero-order chi connectivity index (χ0) is 17.6. The number of aliphatic imine (C=N–C) groups is 1. The van der Waals surface area contributed by atoms with E-state index in [4.69, 9.17) is 9.47 Å². The number of benzene rings is 1. The average Bonchev–Trinajstić information content (AvgIpc) is 2.78. The van der Waals surface area contributed by atoms with E-state index in [-0.39, 0.29) is 12.5 Å². The number of thioether (sulfide) groups is 1. The van der Waals surface area contributed by atoms with Crippen molar-refractivity contribution in [1.82, 2.24) is 4.90 Å². The van der Waals surface area contributed by atoms with Crippen LogP contribution in [0.4, 0.5) is 0 Å². The smallest absolute Gasteiger partial charge is 0.344 e. The molecule has 1 aromatic rings. The summed E-state index contributed by atoms with van der Waals surface area (Å²) in [6.07, 6.45) is 3.86. The molecular formula is C18H20N2O4S. The van der Waals surface area contributed by atoms with E-state index >= 15 is 0 Å². The van der Waals surface area contributed by atoms with Gasteiger partial charge in [-0.1, -0.05) is 23.9 Å². The molecule has 25 heavy (non-hydrogen) atoms. The van der Waals surface area contributed by atoms with Gasteiger partial charge in [-0.3, -0.25) is 9.69 Å². The normalized spacial score (nSPS) is 18.6. The number of amides is 1. The van der Waals surface area contributed by atoms with Crippen LogP contribution in [0.15, 0.2) is 35.0 Å². The fourth-order valence-corrected chi connectivity index (χ4v) is 3.59. The minimum atomic E-state index is -0.409. The number of carbonyl (C=O) groups excluding carboxylic acids is 2. The molecule has 0 aromatic heterocycles. The molecule has 2 aliphatic rings. The van der Waals surface area contributed by atoms with Gasteiger partial charge in [0.25, 0.3) is 5.91 Å². The molecule has 2 heterocycles. The molecule has 0 N–H and O–H groups in total. The van der Waals surface area contributed by atoms with Crippen molar-refractivity contribution in [3.8, 4) is 5.75 Å². The van der Waals surface area contributed by atoms with Crippen LogP contribution in [0.2, 0.25) is 0 Å². The molecule has 7 heteroatoms. The fourth-order valence-electron chi connectivity index (χ4n) is 2.57. The highest BCUT2D eigenvalue weighted by Gasteiger charge is 2.31. The number of hydrogen-bond acceptors (Lipinski definition) is 6. The maximum atomic E-state index is 12.5. The second-order valence-corrected chi connectivity index (χ2v) is 6.66. The standard InChI is InChI=1S/C18H20N2O4S/c1-2-23-16(21)12-24-14-7-5-6-13(10-14)11-15-17(22)20-8-3-4-9-25-18(20)19-15/h5-7,10-11H,2-4,8-9,12H2,1H3/b15-11-. The minimum absolute atomic E-state index is 0.0535. The molecule has 0 saturated carbocycles. The minimum Gasteiger partial charge on any atom is -0.482 e. The van der Waals surface area contributed by atoms with Crippen molar-refractivity contribution in [3.05, 3.63) is 35.5 Å². The van der Waals surface area contributed by atoms with E-state index in [1.54, 1.807) is 41.8 Å². The van der Waals surface area contributed by atoms with Gasteiger partial charge in [-0.2, -0.15) is 0 Å². The fraction of sp³-hybridized carbons (Fsp3) is 0.389. The number of ether oxygens (including phenoxy) is 2. The molecule has 1 fully saturated rings. The summed E-state index contributed by atoms with van der Waals surface area (Å²) in [7, 11) is 0. The molecule has 1 aromatic carbocycles. The Bertz CT molecular complexity index is 730. The summed E-state index contributed by atoms with van der Waals surface area (Å²) in [5, 5.41) is 0.795. The molecular weight excluding hydrogens is 340 g/mol. The van der Waals surface area contributed by atoms with Crippen molar-refractivity contribution in [1.29, 1.82) is 0 Å². The third-order valence-electron chi connectivity index (χ3n) is 3.74. The lowest BCUT2D eigenvalue weighted by Crippen LogP contribution is -2.30. The monoisotopic (exact) mass is 360 g/mol. The Hall–Kier alpha value is -2.28. The van der Waals surface area contributed by atoms with Crippen LogP contribution in [0.1, 0.15) is 25.3 Å². The third-order valence-corrected chi connectivity index (χ3v) is 4.80. The molecule has 1 amide bonds. The Morgan fingerprint density at radius 2 is 2.28 bits per heavy atom. The van der Waals surface area contributed by atoms with Crippen LogP contribution in [0.3, 0.4) is 0 Å². The number of rotatable bonds is 5. The molecule has 0 unspecified atom stereocenters. The molecule has 6 nitrogen and oxygen atoms in total. The molecule has 1 saturated heterocycles. The van der Waals surface area contributed by atoms with Crippen molar-refractivity contribution in [2.75, 3.05) is 25.5 Å². The highest BCUT2D eigenvalue weighted by atomic mass is 32.2. The quantitative estimate of drug-likeness (QED) is 0.596. The van der Waals surface area contributed by atoms with Gasteiger partial charge in [-0.15, -0.1) is 0 Å². The van der Waals surface area contributed by atoms with Gasteiger partial charge in [0.05, 0.1) is 6.61 Å². The predicted octanol–water partition coefficient (Wildman–Crippen LogP) is 2.69. The molecule has 0 atom stereocenters. The topological polar surface area (TPSA) is 68.2 Å². The third kappa shape index (κ3) is 4.42. The highest BCUT2D eigenvalue weighted by molar-refractivity contribution is 8.13. The summed E-state index contributed by atoms with van der Waals surface area (Å²) in [5.41, 5.74) is 1.24. The molecule has 0 spiro atoms. The Labute approximate surface area is 150 Å². The lowest BCUT2D eigenvalue weighted by Gasteiger charge is -2.13. The van der Waals surface area contributed by atoms with Gasteiger partial charge in [0.15, 0.2) is 11.8 Å². The maximum absolute atomic E-state index is 12.5. The zero-order valence-corrected chi connectivity index (χ0v) is 14.9. The first-order valence-corrected chi connectivity index (χ1v) is 9.29. The van der Waals surface area contributed by atoms with E-state index in [0.29, 0.717) is 18.1 Å². The lowest BCUT2D eigenvalue weighted by molar-refractivity contribution is -0.145. The van der Waals surface area contributed by atoms with E-state index in [2.05, 4.69) is 4.99 Å². The van der Waals surface area contributed by atoms with Crippen LogP contribution < -0.4 is 4.74 Å². The van der Waals surface area contributed by atoms with Crippen molar-refractivity contribution < 1.29 is 19.1 Å². The van der Waals surface area contributed by atoms with E-state index in [9.17, 15) is 9.59 Å². The molecule has 2 aliphatic heterocycles. The Morgan fingerprint density at radius 1 is 1.40 bits per heavy atom. The number of amidine groups is 1. The molecule has 3 rings (SSSR count). The molecule has 0 aliphatic carbocycles. The van der Waals surface area contributed by atoms with E-state index in [1.807, 2.05) is 12.1 Å². The number of hydrogen-bond donors (Lipinski definition) is 0. The average molecular weight is 360 g/mol. The van der Waals surface area contributed by atoms with Crippen molar-refractivity contribution in [2.24, 2.45) is 4.99 Å². The predicted molar refractivity (Wildman–Crippen MR) is 97.4 cm³/mol. The van der Waals surface area contributed by atoms with Gasteiger partial charge in [0, 0.05) is 12.3 Å². The van der Waals surface area contributed by atoms with Gasteiger partial charge < -0.3 is 9.47 Å².